The zero-order chi connectivity index (χ0) is 25.8. The van der Waals surface area contributed by atoms with Crippen LogP contribution >= 0.6 is 15.9 Å². The molecule has 0 N–H and O–H groups in total. The molecule has 3 aromatic rings. The summed E-state index contributed by atoms with van der Waals surface area (Å²) in [6.07, 6.45) is 1.84. The summed E-state index contributed by atoms with van der Waals surface area (Å²) in [6.45, 7) is 3.38. The fraction of sp³-hybridized carbons (Fsp3) is 0.345. The van der Waals surface area contributed by atoms with E-state index in [0.29, 0.717) is 44.1 Å². The first kappa shape index (κ1) is 25.3. The third kappa shape index (κ3) is 5.49. The minimum atomic E-state index is -0.300. The van der Waals surface area contributed by atoms with Gasteiger partial charge in [-0.2, -0.15) is 0 Å². The van der Waals surface area contributed by atoms with Crippen LogP contribution in [0.25, 0.3) is 0 Å². The maximum absolute atomic E-state index is 13.0. The number of carbonyl (C=O) groups excluding carboxylic acids is 1. The number of aryl methyl sites for hydroxylation is 1. The minimum Gasteiger partial charge on any atom is -0.493 e. The van der Waals surface area contributed by atoms with Gasteiger partial charge in [0.2, 0.25) is 6.79 Å². The maximum Gasteiger partial charge on any atom is 0.410 e. The van der Waals surface area contributed by atoms with Gasteiger partial charge in [0.15, 0.2) is 23.0 Å². The average Bonchev–Trinajstić information content (AvgIpc) is 3.37. The molecule has 1 amide bonds. The highest BCUT2D eigenvalue weighted by molar-refractivity contribution is 9.10. The second-order valence-electron chi connectivity index (χ2n) is 8.97. The van der Waals surface area contributed by atoms with E-state index in [1.807, 2.05) is 66.4 Å². The number of benzene rings is 3. The zero-order valence-electron chi connectivity index (χ0n) is 21.0. The Morgan fingerprint density at radius 2 is 1.86 bits per heavy atom. The first-order valence-corrected chi connectivity index (χ1v) is 13.3. The van der Waals surface area contributed by atoms with Crippen molar-refractivity contribution in [2.24, 2.45) is 0 Å². The van der Waals surface area contributed by atoms with Crippen LogP contribution in [0.15, 0.2) is 59.1 Å². The van der Waals surface area contributed by atoms with Crippen LogP contribution in [-0.2, 0) is 24.2 Å². The molecule has 8 heteroatoms. The van der Waals surface area contributed by atoms with Crippen LogP contribution < -0.4 is 18.9 Å². The van der Waals surface area contributed by atoms with Crippen molar-refractivity contribution in [3.63, 3.8) is 0 Å². The fourth-order valence-corrected chi connectivity index (χ4v) is 5.42. The molecule has 0 bridgehead atoms. The molecule has 194 valence electrons. The lowest BCUT2D eigenvalue weighted by molar-refractivity contribution is 0.0843. The normalized spacial score (nSPS) is 15.8. The van der Waals surface area contributed by atoms with Gasteiger partial charge in [0.1, 0.15) is 6.61 Å². The average molecular weight is 568 g/mol. The third-order valence-corrected chi connectivity index (χ3v) is 7.49. The third-order valence-electron chi connectivity index (χ3n) is 6.75. The van der Waals surface area contributed by atoms with E-state index in [9.17, 15) is 4.79 Å². The number of rotatable bonds is 8. The van der Waals surface area contributed by atoms with Gasteiger partial charge in [0, 0.05) is 11.0 Å². The van der Waals surface area contributed by atoms with Gasteiger partial charge in [0.25, 0.3) is 0 Å². The number of ether oxygens (including phenoxy) is 5. The Kier molecular flexibility index (Phi) is 7.74. The van der Waals surface area contributed by atoms with Crippen LogP contribution in [-0.4, -0.2) is 38.0 Å². The van der Waals surface area contributed by atoms with E-state index in [4.69, 9.17) is 23.7 Å². The Hall–Kier alpha value is -3.39. The van der Waals surface area contributed by atoms with E-state index in [1.54, 1.807) is 7.11 Å². The molecule has 2 heterocycles. The summed E-state index contributed by atoms with van der Waals surface area (Å²) in [6, 6.07) is 17.9. The van der Waals surface area contributed by atoms with Crippen molar-refractivity contribution < 1.29 is 28.5 Å². The maximum atomic E-state index is 13.0. The first-order valence-electron chi connectivity index (χ1n) is 12.5. The van der Waals surface area contributed by atoms with Gasteiger partial charge in [-0.1, -0.05) is 46.3 Å². The van der Waals surface area contributed by atoms with Gasteiger partial charge in [0.05, 0.1) is 19.8 Å². The lowest BCUT2D eigenvalue weighted by atomic mass is 9.88. The number of nitrogens with zero attached hydrogens (tertiary/aromatic N) is 1. The standard InChI is InChI=1S/C29H30BrNO6/c1-3-34-29(32)31-12-11-20-13-25(33-2)27(35-17-19-7-5-4-6-8-19)15-22(20)24(31)10-9-21-14-26-28(16-23(21)30)37-18-36-26/h4-8,13-16,24H,3,9-12,17-18H2,1-2H3. The molecule has 0 spiro atoms. The second kappa shape index (κ2) is 11.3. The van der Waals surface area contributed by atoms with E-state index in [-0.39, 0.29) is 18.9 Å². The van der Waals surface area contributed by atoms with Crippen LogP contribution in [0, 0.1) is 0 Å². The molecule has 37 heavy (non-hydrogen) atoms. The summed E-state index contributed by atoms with van der Waals surface area (Å²) in [5.41, 5.74) is 4.37. The number of halogens is 1. The Labute approximate surface area is 225 Å². The Morgan fingerprint density at radius 1 is 1.08 bits per heavy atom. The van der Waals surface area contributed by atoms with Crippen molar-refractivity contribution in [2.75, 3.05) is 27.1 Å². The van der Waals surface area contributed by atoms with Gasteiger partial charge in [-0.15, -0.1) is 0 Å². The number of hydrogen-bond donors (Lipinski definition) is 0. The summed E-state index contributed by atoms with van der Waals surface area (Å²) in [5.74, 6) is 2.83. The van der Waals surface area contributed by atoms with Crippen LogP contribution in [0.1, 0.15) is 41.6 Å². The zero-order valence-corrected chi connectivity index (χ0v) is 22.6. The number of amides is 1. The molecule has 3 aromatic carbocycles. The monoisotopic (exact) mass is 567 g/mol. The molecule has 0 saturated heterocycles. The number of carbonyl (C=O) groups is 1. The van der Waals surface area contributed by atoms with Crippen LogP contribution in [0.5, 0.6) is 23.0 Å². The number of fused-ring (bicyclic) bond motifs is 2. The SMILES string of the molecule is CCOC(=O)N1CCc2cc(OC)c(OCc3ccccc3)cc2C1CCc1cc2c(cc1Br)OCO2. The molecule has 2 aliphatic rings. The van der Waals surface area contributed by atoms with Crippen molar-refractivity contribution in [3.8, 4) is 23.0 Å². The lowest BCUT2D eigenvalue weighted by Gasteiger charge is -2.37. The van der Waals surface area contributed by atoms with Crippen molar-refractivity contribution in [1.82, 2.24) is 4.90 Å². The van der Waals surface area contributed by atoms with Crippen LogP contribution in [0.3, 0.4) is 0 Å². The van der Waals surface area contributed by atoms with Crippen molar-refractivity contribution >= 4 is 22.0 Å². The van der Waals surface area contributed by atoms with Crippen molar-refractivity contribution in [1.29, 1.82) is 0 Å². The Morgan fingerprint density at radius 3 is 2.62 bits per heavy atom. The summed E-state index contributed by atoms with van der Waals surface area (Å²) in [5, 5.41) is 0. The predicted octanol–water partition coefficient (Wildman–Crippen LogP) is 6.45. The minimum absolute atomic E-state index is 0.176. The molecule has 0 aromatic heterocycles. The molecule has 0 aliphatic carbocycles. The number of methoxy groups -OCH3 is 1. The predicted molar refractivity (Wildman–Crippen MR) is 143 cm³/mol. The van der Waals surface area contributed by atoms with Gasteiger partial charge in [-0.3, -0.25) is 0 Å². The summed E-state index contributed by atoms with van der Waals surface area (Å²) >= 11 is 3.67. The van der Waals surface area contributed by atoms with E-state index >= 15 is 0 Å². The van der Waals surface area contributed by atoms with Gasteiger partial charge >= 0.3 is 6.09 Å². The molecular formula is C29H30BrNO6. The highest BCUT2D eigenvalue weighted by Crippen LogP contribution is 2.42. The molecule has 5 rings (SSSR count). The van der Waals surface area contributed by atoms with E-state index in [2.05, 4.69) is 15.9 Å². The summed E-state index contributed by atoms with van der Waals surface area (Å²) in [4.78, 5) is 14.8. The molecule has 2 aliphatic heterocycles. The quantitative estimate of drug-likeness (QED) is 0.311. The van der Waals surface area contributed by atoms with E-state index in [1.165, 1.54) is 0 Å². The Bertz CT molecular complexity index is 1260. The van der Waals surface area contributed by atoms with Gasteiger partial charge in [-0.05, 0) is 72.7 Å². The fourth-order valence-electron chi connectivity index (χ4n) is 4.90. The smallest absolute Gasteiger partial charge is 0.410 e. The molecule has 0 saturated carbocycles. The molecule has 7 nitrogen and oxygen atoms in total. The van der Waals surface area contributed by atoms with Crippen molar-refractivity contribution in [3.05, 3.63) is 81.3 Å². The highest BCUT2D eigenvalue weighted by atomic mass is 79.9. The second-order valence-corrected chi connectivity index (χ2v) is 9.82. The van der Waals surface area contributed by atoms with Crippen LogP contribution in [0.2, 0.25) is 0 Å². The topological polar surface area (TPSA) is 66.5 Å². The summed E-state index contributed by atoms with van der Waals surface area (Å²) < 4.78 is 29.3. The molecular weight excluding hydrogens is 538 g/mol. The van der Waals surface area contributed by atoms with Gasteiger partial charge in [-0.25, -0.2) is 4.79 Å². The van der Waals surface area contributed by atoms with Crippen molar-refractivity contribution in [2.45, 2.75) is 38.8 Å². The molecule has 1 unspecified atom stereocenters. The van der Waals surface area contributed by atoms with Gasteiger partial charge < -0.3 is 28.6 Å². The molecule has 0 radical (unpaired) electrons. The first-order chi connectivity index (χ1) is 18.1. The number of hydrogen-bond acceptors (Lipinski definition) is 6. The Balaban J connectivity index is 1.45. The van der Waals surface area contributed by atoms with Crippen LogP contribution in [0.4, 0.5) is 4.79 Å². The molecule has 0 fully saturated rings. The van der Waals surface area contributed by atoms with E-state index in [0.717, 1.165) is 44.6 Å². The van der Waals surface area contributed by atoms with E-state index < -0.39 is 0 Å². The summed E-state index contributed by atoms with van der Waals surface area (Å²) in [7, 11) is 1.65. The highest BCUT2D eigenvalue weighted by Gasteiger charge is 2.33. The largest absolute Gasteiger partial charge is 0.493 e. The lowest BCUT2D eigenvalue weighted by Crippen LogP contribution is -2.40. The molecule has 1 atom stereocenters.